The standard InChI is InChI=1S/C14H16F2N4OS.C8H19N/c1-8(6-21)18-12-5-11(17)19-14(20-12)22-7-9-3-2-4-10(15)13(9)16;1-6-9(7(2)3)8(4)5/h2-5,8,21H,6-7H2,1H3,(H3,17,18,19,20);7-8H,6H2,1-5H3/t8-;/m1./s1. The summed E-state index contributed by atoms with van der Waals surface area (Å²) in [5.41, 5.74) is 5.93. The Labute approximate surface area is 188 Å². The molecule has 0 aliphatic heterocycles. The Morgan fingerprint density at radius 2 is 1.77 bits per heavy atom. The molecule has 1 aromatic heterocycles. The van der Waals surface area contributed by atoms with Crippen molar-refractivity contribution in [1.29, 1.82) is 0 Å². The SMILES string of the molecule is CCN(C(C)C)C(C)C.C[C@H](CO)Nc1cc(N)nc(SCc2cccc(F)c2F)n1. The zero-order chi connectivity index (χ0) is 23.6. The fourth-order valence-electron chi connectivity index (χ4n) is 3.01. The summed E-state index contributed by atoms with van der Waals surface area (Å²) < 4.78 is 26.7. The molecule has 0 aliphatic rings. The second-order valence-corrected chi connectivity index (χ2v) is 8.65. The summed E-state index contributed by atoms with van der Waals surface area (Å²) in [6.07, 6.45) is 0. The Hall–Kier alpha value is -1.97. The van der Waals surface area contributed by atoms with E-state index in [0.717, 1.165) is 24.4 Å². The molecule has 6 nitrogen and oxygen atoms in total. The summed E-state index contributed by atoms with van der Waals surface area (Å²) >= 11 is 1.15. The number of rotatable bonds is 9. The van der Waals surface area contributed by atoms with Crippen LogP contribution < -0.4 is 11.1 Å². The van der Waals surface area contributed by atoms with Gasteiger partial charge >= 0.3 is 0 Å². The van der Waals surface area contributed by atoms with Crippen molar-refractivity contribution < 1.29 is 13.9 Å². The highest BCUT2D eigenvalue weighted by atomic mass is 32.2. The molecular weight excluding hydrogens is 420 g/mol. The summed E-state index contributed by atoms with van der Waals surface area (Å²) in [5, 5.41) is 12.3. The molecule has 2 aromatic rings. The molecule has 174 valence electrons. The lowest BCUT2D eigenvalue weighted by atomic mass is 10.2. The van der Waals surface area contributed by atoms with Crippen LogP contribution in [-0.4, -0.2) is 51.3 Å². The molecular formula is C22H35F2N5OS. The minimum atomic E-state index is -0.884. The van der Waals surface area contributed by atoms with Gasteiger partial charge in [-0.3, -0.25) is 4.90 Å². The third-order valence-corrected chi connectivity index (χ3v) is 5.37. The van der Waals surface area contributed by atoms with Crippen molar-refractivity contribution in [2.45, 2.75) is 70.6 Å². The Morgan fingerprint density at radius 1 is 1.13 bits per heavy atom. The van der Waals surface area contributed by atoms with E-state index in [1.807, 2.05) is 0 Å². The highest BCUT2D eigenvalue weighted by Crippen LogP contribution is 2.24. The Morgan fingerprint density at radius 3 is 2.29 bits per heavy atom. The molecule has 1 heterocycles. The smallest absolute Gasteiger partial charge is 0.191 e. The first kappa shape index (κ1) is 27.1. The van der Waals surface area contributed by atoms with Gasteiger partial charge in [0.15, 0.2) is 16.8 Å². The maximum atomic E-state index is 13.6. The van der Waals surface area contributed by atoms with Crippen LogP contribution >= 0.6 is 11.8 Å². The first-order chi connectivity index (χ1) is 14.6. The van der Waals surface area contributed by atoms with Crippen LogP contribution in [-0.2, 0) is 5.75 Å². The van der Waals surface area contributed by atoms with Gasteiger partial charge in [0.2, 0.25) is 0 Å². The van der Waals surface area contributed by atoms with Gasteiger partial charge in [0.05, 0.1) is 6.61 Å². The number of nitrogens with one attached hydrogen (secondary N) is 1. The molecule has 0 radical (unpaired) electrons. The van der Waals surface area contributed by atoms with Gasteiger partial charge in [0.1, 0.15) is 11.6 Å². The average Bonchev–Trinajstić information content (AvgIpc) is 2.69. The Bertz CT molecular complexity index is 799. The number of halogens is 2. The molecule has 0 spiro atoms. The molecule has 1 atom stereocenters. The summed E-state index contributed by atoms with van der Waals surface area (Å²) in [4.78, 5) is 10.7. The Kier molecular flexibility index (Phi) is 11.7. The maximum Gasteiger partial charge on any atom is 0.191 e. The molecule has 0 saturated heterocycles. The fraction of sp³-hybridized carbons (Fsp3) is 0.545. The lowest BCUT2D eigenvalue weighted by molar-refractivity contribution is 0.185. The highest BCUT2D eigenvalue weighted by Gasteiger charge is 2.11. The van der Waals surface area contributed by atoms with Crippen LogP contribution in [0.3, 0.4) is 0 Å². The number of anilines is 2. The quantitative estimate of drug-likeness (QED) is 0.378. The number of aromatic nitrogens is 2. The van der Waals surface area contributed by atoms with E-state index in [-0.39, 0.29) is 29.8 Å². The molecule has 0 unspecified atom stereocenters. The van der Waals surface area contributed by atoms with Gasteiger partial charge in [-0.25, -0.2) is 18.7 Å². The minimum absolute atomic E-state index is 0.0547. The van der Waals surface area contributed by atoms with E-state index in [1.165, 1.54) is 12.1 Å². The maximum absolute atomic E-state index is 13.6. The van der Waals surface area contributed by atoms with Gasteiger partial charge in [-0.2, -0.15) is 0 Å². The van der Waals surface area contributed by atoms with Gasteiger partial charge in [-0.15, -0.1) is 0 Å². The van der Waals surface area contributed by atoms with Gasteiger partial charge in [-0.1, -0.05) is 30.8 Å². The fourth-order valence-corrected chi connectivity index (χ4v) is 3.85. The van der Waals surface area contributed by atoms with E-state index >= 15 is 0 Å². The van der Waals surface area contributed by atoms with E-state index in [1.54, 1.807) is 13.0 Å². The largest absolute Gasteiger partial charge is 0.394 e. The zero-order valence-corrected chi connectivity index (χ0v) is 20.0. The van der Waals surface area contributed by atoms with Crippen LogP contribution in [0, 0.1) is 11.6 Å². The normalized spacial score (nSPS) is 12.1. The molecule has 9 heteroatoms. The number of hydrogen-bond donors (Lipinski definition) is 3. The number of nitrogen functional groups attached to an aromatic ring is 1. The van der Waals surface area contributed by atoms with Gasteiger partial charge in [-0.05, 0) is 47.2 Å². The third kappa shape index (κ3) is 9.37. The van der Waals surface area contributed by atoms with Crippen molar-refractivity contribution in [2.75, 3.05) is 24.2 Å². The predicted octanol–water partition coefficient (Wildman–Crippen LogP) is 4.55. The van der Waals surface area contributed by atoms with Crippen LogP contribution in [0.2, 0.25) is 0 Å². The minimum Gasteiger partial charge on any atom is -0.394 e. The monoisotopic (exact) mass is 455 g/mol. The van der Waals surface area contributed by atoms with E-state index in [4.69, 9.17) is 10.8 Å². The van der Waals surface area contributed by atoms with Crippen LogP contribution in [0.5, 0.6) is 0 Å². The lowest BCUT2D eigenvalue weighted by Crippen LogP contribution is -2.36. The molecule has 0 saturated carbocycles. The Balaban J connectivity index is 0.000000452. The summed E-state index contributed by atoms with van der Waals surface area (Å²) in [5.74, 6) is -0.847. The van der Waals surface area contributed by atoms with E-state index in [9.17, 15) is 8.78 Å². The van der Waals surface area contributed by atoms with Crippen LogP contribution in [0.1, 0.15) is 47.1 Å². The van der Waals surface area contributed by atoms with Crippen molar-refractivity contribution in [1.82, 2.24) is 14.9 Å². The summed E-state index contributed by atoms with van der Waals surface area (Å²) in [6.45, 7) is 14.1. The highest BCUT2D eigenvalue weighted by molar-refractivity contribution is 7.98. The molecule has 2 rings (SSSR count). The molecule has 1 aromatic carbocycles. The second-order valence-electron chi connectivity index (χ2n) is 7.71. The predicted molar refractivity (Wildman–Crippen MR) is 125 cm³/mol. The molecule has 0 fully saturated rings. The second kappa shape index (κ2) is 13.4. The number of hydrogen-bond acceptors (Lipinski definition) is 7. The van der Waals surface area contributed by atoms with Gasteiger partial charge < -0.3 is 16.2 Å². The molecule has 0 aliphatic carbocycles. The van der Waals surface area contributed by atoms with Crippen LogP contribution in [0.25, 0.3) is 0 Å². The third-order valence-electron chi connectivity index (χ3n) is 4.47. The molecule has 0 amide bonds. The van der Waals surface area contributed by atoms with Crippen molar-refractivity contribution in [3.8, 4) is 0 Å². The molecule has 0 bridgehead atoms. The van der Waals surface area contributed by atoms with Crippen molar-refractivity contribution in [2.24, 2.45) is 0 Å². The summed E-state index contributed by atoms with van der Waals surface area (Å²) in [7, 11) is 0. The number of aliphatic hydroxyl groups excluding tert-OH is 1. The number of aliphatic hydroxyl groups is 1. The van der Waals surface area contributed by atoms with Crippen molar-refractivity contribution in [3.63, 3.8) is 0 Å². The van der Waals surface area contributed by atoms with E-state index in [0.29, 0.717) is 23.1 Å². The van der Waals surface area contributed by atoms with E-state index < -0.39 is 11.6 Å². The number of thioether (sulfide) groups is 1. The van der Waals surface area contributed by atoms with Crippen LogP contribution in [0.4, 0.5) is 20.4 Å². The van der Waals surface area contributed by atoms with Gasteiger partial charge in [0, 0.05) is 35.5 Å². The van der Waals surface area contributed by atoms with Crippen molar-refractivity contribution >= 4 is 23.4 Å². The van der Waals surface area contributed by atoms with E-state index in [2.05, 4.69) is 54.8 Å². The average molecular weight is 456 g/mol. The van der Waals surface area contributed by atoms with Gasteiger partial charge in [0.25, 0.3) is 0 Å². The number of benzene rings is 1. The molecule has 31 heavy (non-hydrogen) atoms. The zero-order valence-electron chi connectivity index (χ0n) is 19.2. The summed E-state index contributed by atoms with van der Waals surface area (Å²) in [6, 6.07) is 6.75. The lowest BCUT2D eigenvalue weighted by Gasteiger charge is -2.28. The van der Waals surface area contributed by atoms with Crippen molar-refractivity contribution in [3.05, 3.63) is 41.5 Å². The number of nitrogens with zero attached hydrogens (tertiary/aromatic N) is 3. The van der Waals surface area contributed by atoms with Crippen LogP contribution in [0.15, 0.2) is 29.4 Å². The first-order valence-electron chi connectivity index (χ1n) is 10.4. The molecule has 4 N–H and O–H groups in total. The number of nitrogens with two attached hydrogens (primary N) is 1. The first-order valence-corrected chi connectivity index (χ1v) is 11.4. The topological polar surface area (TPSA) is 87.3 Å².